The van der Waals surface area contributed by atoms with Gasteiger partial charge in [0.15, 0.2) is 0 Å². The van der Waals surface area contributed by atoms with Crippen molar-refractivity contribution >= 4 is 17.2 Å². The van der Waals surface area contributed by atoms with Crippen LogP contribution in [0.3, 0.4) is 0 Å². The van der Waals surface area contributed by atoms with E-state index in [1.165, 1.54) is 22.3 Å². The van der Waals surface area contributed by atoms with Gasteiger partial charge in [0.05, 0.1) is 5.69 Å². The summed E-state index contributed by atoms with van der Waals surface area (Å²) in [6.45, 7) is 4.03. The van der Waals surface area contributed by atoms with Crippen LogP contribution in [0.4, 0.5) is 0 Å². The van der Waals surface area contributed by atoms with Crippen LogP contribution in [0, 0.1) is 5.92 Å². The molecule has 2 aromatic heterocycles. The molecule has 1 fully saturated rings. The second-order valence-electron chi connectivity index (χ2n) is 4.94. The zero-order chi connectivity index (χ0) is 13.9. The molecule has 1 aliphatic heterocycles. The minimum Gasteiger partial charge on any atom is -0.348 e. The summed E-state index contributed by atoms with van der Waals surface area (Å²) in [6, 6.07) is 2.06. The number of amides is 1. The van der Waals surface area contributed by atoms with Crippen LogP contribution in [0.5, 0.6) is 0 Å². The van der Waals surface area contributed by atoms with E-state index >= 15 is 0 Å². The molecule has 0 radical (unpaired) electrons. The molecule has 1 amide bonds. The Labute approximate surface area is 120 Å². The lowest BCUT2D eigenvalue weighted by molar-refractivity contribution is 0.0918. The second-order valence-corrected chi connectivity index (χ2v) is 5.86. The number of rotatable bonds is 3. The highest BCUT2D eigenvalue weighted by atomic mass is 32.1. The third-order valence-corrected chi connectivity index (χ3v) is 4.45. The first-order valence-electron chi connectivity index (χ1n) is 6.58. The quantitative estimate of drug-likeness (QED) is 0.858. The smallest absolute Gasteiger partial charge is 0.263 e. The van der Waals surface area contributed by atoms with Gasteiger partial charge in [0.1, 0.15) is 11.2 Å². The third kappa shape index (κ3) is 2.56. The summed E-state index contributed by atoms with van der Waals surface area (Å²) in [5.41, 5.74) is 0.721. The number of nitrogens with zero attached hydrogens (tertiary/aromatic N) is 4. The summed E-state index contributed by atoms with van der Waals surface area (Å²) in [4.78, 5) is 13.1. The fraction of sp³-hybridized carbons (Fsp3) is 0.500. The van der Waals surface area contributed by atoms with Gasteiger partial charge in [-0.05, 0) is 47.3 Å². The van der Waals surface area contributed by atoms with E-state index in [0.717, 1.165) is 25.2 Å². The number of hydrogen-bond acceptors (Lipinski definition) is 6. The Morgan fingerprint density at radius 3 is 3.25 bits per heavy atom. The molecule has 2 N–H and O–H groups in total. The molecule has 2 unspecified atom stereocenters. The van der Waals surface area contributed by atoms with E-state index in [0.29, 0.717) is 10.8 Å². The van der Waals surface area contributed by atoms with Crippen LogP contribution >= 0.6 is 11.3 Å². The second kappa shape index (κ2) is 5.68. The minimum atomic E-state index is -0.0516. The topological polar surface area (TPSA) is 84.7 Å². The van der Waals surface area contributed by atoms with Gasteiger partial charge in [-0.15, -0.1) is 16.4 Å². The van der Waals surface area contributed by atoms with Crippen LogP contribution in [-0.4, -0.2) is 45.2 Å². The average molecular weight is 292 g/mol. The molecule has 1 aliphatic rings. The number of tetrazole rings is 1. The van der Waals surface area contributed by atoms with Gasteiger partial charge in [0.25, 0.3) is 5.91 Å². The van der Waals surface area contributed by atoms with Crippen molar-refractivity contribution < 1.29 is 4.79 Å². The zero-order valence-electron chi connectivity index (χ0n) is 11.1. The number of nitrogens with one attached hydrogen (secondary N) is 2. The van der Waals surface area contributed by atoms with E-state index in [4.69, 9.17) is 0 Å². The molecular formula is C12H16N6OS. The van der Waals surface area contributed by atoms with Gasteiger partial charge in [-0.2, -0.15) is 4.68 Å². The third-order valence-electron chi connectivity index (χ3n) is 3.55. The number of thiophene rings is 1. The van der Waals surface area contributed by atoms with Crippen molar-refractivity contribution in [1.82, 2.24) is 30.8 Å². The highest BCUT2D eigenvalue weighted by molar-refractivity contribution is 7.12. The maximum absolute atomic E-state index is 12.4. The Morgan fingerprint density at radius 1 is 1.60 bits per heavy atom. The molecule has 3 rings (SSSR count). The Morgan fingerprint density at radius 2 is 2.50 bits per heavy atom. The molecule has 2 atom stereocenters. The molecule has 0 aromatic carbocycles. The Hall–Kier alpha value is -1.80. The first kappa shape index (κ1) is 13.2. The van der Waals surface area contributed by atoms with Crippen LogP contribution < -0.4 is 10.6 Å². The van der Waals surface area contributed by atoms with Crippen molar-refractivity contribution in [3.63, 3.8) is 0 Å². The minimum absolute atomic E-state index is 0.0516. The molecule has 106 valence electrons. The van der Waals surface area contributed by atoms with E-state index in [1.54, 1.807) is 0 Å². The Balaban J connectivity index is 1.76. The molecule has 8 heteroatoms. The maximum Gasteiger partial charge on any atom is 0.263 e. The summed E-state index contributed by atoms with van der Waals surface area (Å²) < 4.78 is 1.51. The fourth-order valence-electron chi connectivity index (χ4n) is 2.39. The predicted molar refractivity (Wildman–Crippen MR) is 74.9 cm³/mol. The molecule has 0 bridgehead atoms. The van der Waals surface area contributed by atoms with Crippen molar-refractivity contribution in [3.8, 4) is 5.69 Å². The number of carbonyl (C=O) groups is 1. The highest BCUT2D eigenvalue weighted by Crippen LogP contribution is 2.21. The van der Waals surface area contributed by atoms with Crippen LogP contribution in [-0.2, 0) is 0 Å². The first-order chi connectivity index (χ1) is 9.75. The molecule has 20 heavy (non-hydrogen) atoms. The number of piperidine rings is 1. The monoisotopic (exact) mass is 292 g/mol. The van der Waals surface area contributed by atoms with Crippen molar-refractivity contribution in [2.45, 2.75) is 19.4 Å². The van der Waals surface area contributed by atoms with Crippen molar-refractivity contribution in [2.75, 3.05) is 13.1 Å². The summed E-state index contributed by atoms with van der Waals surface area (Å²) in [6.07, 6.45) is 2.45. The van der Waals surface area contributed by atoms with E-state index in [1.807, 2.05) is 11.4 Å². The van der Waals surface area contributed by atoms with Crippen molar-refractivity contribution in [3.05, 3.63) is 22.7 Å². The van der Waals surface area contributed by atoms with Crippen LogP contribution in [0.2, 0.25) is 0 Å². The average Bonchev–Trinajstić information content (AvgIpc) is 3.11. The van der Waals surface area contributed by atoms with E-state index in [9.17, 15) is 4.79 Å². The van der Waals surface area contributed by atoms with Crippen LogP contribution in [0.25, 0.3) is 5.69 Å². The molecule has 7 nitrogen and oxygen atoms in total. The summed E-state index contributed by atoms with van der Waals surface area (Å²) in [5, 5.41) is 19.4. The van der Waals surface area contributed by atoms with Crippen LogP contribution in [0.15, 0.2) is 17.8 Å². The normalized spacial score (nSPS) is 22.6. The lowest BCUT2D eigenvalue weighted by Gasteiger charge is -2.30. The molecule has 0 saturated carbocycles. The molecule has 0 spiro atoms. The molecule has 3 heterocycles. The maximum atomic E-state index is 12.4. The molecule has 1 saturated heterocycles. The molecule has 2 aromatic rings. The lowest BCUT2D eigenvalue weighted by Crippen LogP contribution is -2.48. The Kier molecular flexibility index (Phi) is 3.75. The standard InChI is InChI=1S/C12H16N6OS/c1-8-6-13-4-2-9(8)15-12(19)11-10(3-5-20-11)18-7-14-16-17-18/h3,5,7-9,13H,2,4,6H2,1H3,(H,15,19). The van der Waals surface area contributed by atoms with E-state index < -0.39 is 0 Å². The molecular weight excluding hydrogens is 276 g/mol. The van der Waals surface area contributed by atoms with Gasteiger partial charge in [-0.25, -0.2) is 0 Å². The van der Waals surface area contributed by atoms with Crippen molar-refractivity contribution in [2.24, 2.45) is 5.92 Å². The molecule has 0 aliphatic carbocycles. The Bertz CT molecular complexity index is 581. The SMILES string of the molecule is CC1CNCCC1NC(=O)c1sccc1-n1cnnn1. The predicted octanol–water partition coefficient (Wildman–Crippen LogP) is 0.452. The van der Waals surface area contributed by atoms with Crippen molar-refractivity contribution in [1.29, 1.82) is 0 Å². The number of aromatic nitrogens is 4. The highest BCUT2D eigenvalue weighted by Gasteiger charge is 2.25. The number of carbonyl (C=O) groups excluding carboxylic acids is 1. The largest absolute Gasteiger partial charge is 0.348 e. The van der Waals surface area contributed by atoms with Crippen LogP contribution in [0.1, 0.15) is 23.0 Å². The van der Waals surface area contributed by atoms with Gasteiger partial charge >= 0.3 is 0 Å². The summed E-state index contributed by atoms with van der Waals surface area (Å²) in [5.74, 6) is 0.383. The zero-order valence-corrected chi connectivity index (χ0v) is 11.9. The first-order valence-corrected chi connectivity index (χ1v) is 7.46. The van der Waals surface area contributed by atoms with E-state index in [-0.39, 0.29) is 11.9 Å². The van der Waals surface area contributed by atoms with Gasteiger partial charge in [0.2, 0.25) is 0 Å². The summed E-state index contributed by atoms with van der Waals surface area (Å²) >= 11 is 1.40. The van der Waals surface area contributed by atoms with Gasteiger partial charge in [-0.3, -0.25) is 4.79 Å². The van der Waals surface area contributed by atoms with Gasteiger partial charge in [-0.1, -0.05) is 6.92 Å². The fourth-order valence-corrected chi connectivity index (χ4v) is 3.17. The number of hydrogen-bond donors (Lipinski definition) is 2. The lowest BCUT2D eigenvalue weighted by atomic mass is 9.95. The van der Waals surface area contributed by atoms with Gasteiger partial charge < -0.3 is 10.6 Å². The van der Waals surface area contributed by atoms with E-state index in [2.05, 4.69) is 33.1 Å². The van der Waals surface area contributed by atoms with Gasteiger partial charge in [0, 0.05) is 6.04 Å². The summed E-state index contributed by atoms with van der Waals surface area (Å²) in [7, 11) is 0.